The number of cyclic esters (lactones) is 1. The molecule has 1 aromatic heterocycles. The fourth-order valence-electron chi connectivity index (χ4n) is 2.58. The Morgan fingerprint density at radius 3 is 2.79 bits per heavy atom. The number of ether oxygens (including phenoxy) is 1. The molecule has 1 atom stereocenters. The Morgan fingerprint density at radius 2 is 2.26 bits per heavy atom. The molecule has 0 aliphatic carbocycles. The minimum Gasteiger partial charge on any atom is -0.447 e. The van der Waals surface area contributed by atoms with Crippen LogP contribution in [-0.2, 0) is 4.74 Å². The van der Waals surface area contributed by atoms with Crippen molar-refractivity contribution in [2.45, 2.75) is 38.3 Å². The SMILES string of the molecule is CC1(C)COC(=O)N1c1cnc([C@@H]2CCCN2)cn1. The maximum absolute atomic E-state index is 11.8. The monoisotopic (exact) mass is 262 g/mol. The van der Waals surface area contributed by atoms with E-state index in [2.05, 4.69) is 15.3 Å². The fourth-order valence-corrected chi connectivity index (χ4v) is 2.58. The molecule has 1 aromatic rings. The van der Waals surface area contributed by atoms with Crippen molar-refractivity contribution < 1.29 is 9.53 Å². The molecular weight excluding hydrogens is 244 g/mol. The van der Waals surface area contributed by atoms with Crippen molar-refractivity contribution in [2.75, 3.05) is 18.1 Å². The van der Waals surface area contributed by atoms with E-state index in [1.54, 1.807) is 17.3 Å². The third-order valence-electron chi connectivity index (χ3n) is 3.64. The van der Waals surface area contributed by atoms with Crippen LogP contribution < -0.4 is 10.2 Å². The van der Waals surface area contributed by atoms with E-state index in [0.717, 1.165) is 18.7 Å². The van der Waals surface area contributed by atoms with Gasteiger partial charge in [0.25, 0.3) is 0 Å². The van der Waals surface area contributed by atoms with Crippen LogP contribution in [0.25, 0.3) is 0 Å². The maximum atomic E-state index is 11.8. The predicted octanol–water partition coefficient (Wildman–Crippen LogP) is 1.64. The topological polar surface area (TPSA) is 67.3 Å². The summed E-state index contributed by atoms with van der Waals surface area (Å²) in [6.45, 7) is 5.30. The van der Waals surface area contributed by atoms with Gasteiger partial charge < -0.3 is 10.1 Å². The second-order valence-electron chi connectivity index (χ2n) is 5.65. The molecule has 0 saturated carbocycles. The third kappa shape index (κ3) is 2.16. The summed E-state index contributed by atoms with van der Waals surface area (Å²) in [4.78, 5) is 22.1. The maximum Gasteiger partial charge on any atom is 0.416 e. The lowest BCUT2D eigenvalue weighted by molar-refractivity contribution is 0.175. The molecule has 2 aliphatic heterocycles. The zero-order chi connectivity index (χ0) is 13.5. The van der Waals surface area contributed by atoms with Gasteiger partial charge >= 0.3 is 6.09 Å². The van der Waals surface area contributed by atoms with Crippen molar-refractivity contribution in [3.8, 4) is 0 Å². The first-order chi connectivity index (χ1) is 9.08. The van der Waals surface area contributed by atoms with Crippen LogP contribution in [0.4, 0.5) is 10.6 Å². The van der Waals surface area contributed by atoms with Crippen LogP contribution in [0.5, 0.6) is 0 Å². The van der Waals surface area contributed by atoms with Gasteiger partial charge in [0.15, 0.2) is 5.82 Å². The summed E-state index contributed by atoms with van der Waals surface area (Å²) in [5.74, 6) is 0.550. The number of amides is 1. The van der Waals surface area contributed by atoms with Gasteiger partial charge in [-0.3, -0.25) is 9.88 Å². The first-order valence-electron chi connectivity index (χ1n) is 6.60. The number of rotatable bonds is 2. The van der Waals surface area contributed by atoms with Crippen LogP contribution in [0.3, 0.4) is 0 Å². The number of anilines is 1. The van der Waals surface area contributed by atoms with Crippen LogP contribution in [0, 0.1) is 0 Å². The summed E-state index contributed by atoms with van der Waals surface area (Å²) in [6, 6.07) is 0.292. The van der Waals surface area contributed by atoms with Crippen molar-refractivity contribution in [3.63, 3.8) is 0 Å². The number of carbonyl (C=O) groups is 1. The zero-order valence-electron chi connectivity index (χ0n) is 11.2. The number of carbonyl (C=O) groups excluding carboxylic acids is 1. The van der Waals surface area contributed by atoms with Crippen LogP contribution in [0.1, 0.15) is 38.4 Å². The van der Waals surface area contributed by atoms with Gasteiger partial charge in [0.05, 0.1) is 29.7 Å². The van der Waals surface area contributed by atoms with E-state index in [9.17, 15) is 4.79 Å². The van der Waals surface area contributed by atoms with E-state index < -0.39 is 0 Å². The first kappa shape index (κ1) is 12.3. The van der Waals surface area contributed by atoms with Crippen molar-refractivity contribution in [3.05, 3.63) is 18.1 Å². The normalized spacial score (nSPS) is 25.7. The molecular formula is C13H18N4O2. The Labute approximate surface area is 112 Å². The fraction of sp³-hybridized carbons (Fsp3) is 0.615. The number of nitrogens with zero attached hydrogens (tertiary/aromatic N) is 3. The molecule has 6 heteroatoms. The molecule has 1 N–H and O–H groups in total. The standard InChI is InChI=1S/C13H18N4O2/c1-13(2)8-19-12(18)17(13)11-7-15-10(6-16-11)9-4-3-5-14-9/h6-7,9,14H,3-5,8H2,1-2H3/t9-/m0/s1. The average molecular weight is 262 g/mol. The number of hydrogen-bond acceptors (Lipinski definition) is 5. The molecule has 3 heterocycles. The van der Waals surface area contributed by atoms with Gasteiger partial charge in [-0.05, 0) is 33.2 Å². The lowest BCUT2D eigenvalue weighted by Crippen LogP contribution is -2.42. The van der Waals surface area contributed by atoms with Gasteiger partial charge in [-0.1, -0.05) is 0 Å². The lowest BCUT2D eigenvalue weighted by atomic mass is 10.1. The molecule has 0 spiro atoms. The molecule has 2 fully saturated rings. The Hall–Kier alpha value is -1.69. The van der Waals surface area contributed by atoms with Crippen LogP contribution in [-0.4, -0.2) is 34.8 Å². The largest absolute Gasteiger partial charge is 0.447 e. The highest BCUT2D eigenvalue weighted by molar-refractivity contribution is 5.89. The van der Waals surface area contributed by atoms with E-state index in [-0.39, 0.29) is 11.6 Å². The van der Waals surface area contributed by atoms with Gasteiger partial charge in [-0.25, -0.2) is 9.78 Å². The summed E-state index contributed by atoms with van der Waals surface area (Å²) in [5, 5.41) is 3.38. The molecule has 19 heavy (non-hydrogen) atoms. The van der Waals surface area contributed by atoms with E-state index in [1.807, 2.05) is 13.8 Å². The highest BCUT2D eigenvalue weighted by Crippen LogP contribution is 2.29. The smallest absolute Gasteiger partial charge is 0.416 e. The number of hydrogen-bond donors (Lipinski definition) is 1. The lowest BCUT2D eigenvalue weighted by Gasteiger charge is -2.26. The molecule has 2 saturated heterocycles. The first-order valence-corrected chi connectivity index (χ1v) is 6.60. The zero-order valence-corrected chi connectivity index (χ0v) is 11.2. The van der Waals surface area contributed by atoms with Crippen molar-refractivity contribution in [2.24, 2.45) is 0 Å². The average Bonchev–Trinajstić information content (AvgIpc) is 2.99. The van der Waals surface area contributed by atoms with E-state index in [0.29, 0.717) is 18.5 Å². The molecule has 3 rings (SSSR count). The van der Waals surface area contributed by atoms with Gasteiger partial charge in [0.2, 0.25) is 0 Å². The molecule has 6 nitrogen and oxygen atoms in total. The second-order valence-corrected chi connectivity index (χ2v) is 5.65. The predicted molar refractivity (Wildman–Crippen MR) is 69.9 cm³/mol. The van der Waals surface area contributed by atoms with Gasteiger partial charge in [-0.2, -0.15) is 0 Å². The summed E-state index contributed by atoms with van der Waals surface area (Å²) in [7, 11) is 0. The minimum atomic E-state index is -0.376. The van der Waals surface area contributed by atoms with Crippen LogP contribution in [0.2, 0.25) is 0 Å². The molecule has 0 radical (unpaired) electrons. The Balaban J connectivity index is 1.84. The molecule has 102 valence electrons. The van der Waals surface area contributed by atoms with Crippen LogP contribution >= 0.6 is 0 Å². The Morgan fingerprint density at radius 1 is 1.42 bits per heavy atom. The molecule has 0 bridgehead atoms. The third-order valence-corrected chi connectivity index (χ3v) is 3.64. The summed E-state index contributed by atoms with van der Waals surface area (Å²) >= 11 is 0. The van der Waals surface area contributed by atoms with Crippen molar-refractivity contribution in [1.82, 2.24) is 15.3 Å². The molecule has 0 unspecified atom stereocenters. The van der Waals surface area contributed by atoms with Gasteiger partial charge in [0.1, 0.15) is 6.61 Å². The quantitative estimate of drug-likeness (QED) is 0.877. The second kappa shape index (κ2) is 4.45. The number of aromatic nitrogens is 2. The van der Waals surface area contributed by atoms with Gasteiger partial charge in [0, 0.05) is 0 Å². The highest BCUT2D eigenvalue weighted by atomic mass is 16.6. The highest BCUT2D eigenvalue weighted by Gasteiger charge is 2.41. The summed E-state index contributed by atoms with van der Waals surface area (Å²) < 4.78 is 5.07. The minimum absolute atomic E-state index is 0.292. The van der Waals surface area contributed by atoms with E-state index in [4.69, 9.17) is 4.74 Å². The van der Waals surface area contributed by atoms with E-state index >= 15 is 0 Å². The summed E-state index contributed by atoms with van der Waals surface area (Å²) in [6.07, 6.45) is 5.31. The van der Waals surface area contributed by atoms with E-state index in [1.165, 1.54) is 6.42 Å². The van der Waals surface area contributed by atoms with Crippen molar-refractivity contribution >= 4 is 11.9 Å². The molecule has 1 amide bonds. The van der Waals surface area contributed by atoms with Gasteiger partial charge in [-0.15, -0.1) is 0 Å². The Bertz CT molecular complexity index is 480. The van der Waals surface area contributed by atoms with Crippen LogP contribution in [0.15, 0.2) is 12.4 Å². The molecule has 2 aliphatic rings. The number of nitrogens with one attached hydrogen (secondary N) is 1. The van der Waals surface area contributed by atoms with Crippen molar-refractivity contribution in [1.29, 1.82) is 0 Å². The summed E-state index contributed by atoms with van der Waals surface area (Å²) in [5.41, 5.74) is 0.561. The Kier molecular flexibility index (Phi) is 2.89. The molecule has 0 aromatic carbocycles.